The Balaban J connectivity index is 1.61. The quantitative estimate of drug-likeness (QED) is 0.557. The van der Waals surface area contributed by atoms with E-state index in [1.165, 1.54) is 0 Å². The number of hydrogen-bond acceptors (Lipinski definition) is 6. The number of aromatic nitrogens is 2. The Morgan fingerprint density at radius 1 is 1.03 bits per heavy atom. The minimum Gasteiger partial charge on any atom is -0.379 e. The zero-order chi connectivity index (χ0) is 20.1. The third-order valence-electron chi connectivity index (χ3n) is 4.72. The van der Waals surface area contributed by atoms with Crippen molar-refractivity contribution in [1.82, 2.24) is 14.9 Å². The molecular formula is C22H23ClN4OS. The number of nitrogens with one attached hydrogen (secondary N) is 1. The summed E-state index contributed by atoms with van der Waals surface area (Å²) in [7, 11) is 0. The smallest absolute Gasteiger partial charge is 0.162 e. The summed E-state index contributed by atoms with van der Waals surface area (Å²) in [5.41, 5.74) is 0.994. The molecule has 0 bridgehead atoms. The van der Waals surface area contributed by atoms with Gasteiger partial charge in [0.05, 0.1) is 19.4 Å². The Morgan fingerprint density at radius 2 is 1.76 bits per heavy atom. The maximum absolute atomic E-state index is 6.02. The lowest BCUT2D eigenvalue weighted by Gasteiger charge is -2.32. The molecule has 0 spiro atoms. The first-order valence-electron chi connectivity index (χ1n) is 9.64. The lowest BCUT2D eigenvalue weighted by atomic mass is 10.2. The molecule has 0 aliphatic carbocycles. The van der Waals surface area contributed by atoms with E-state index in [1.807, 2.05) is 60.7 Å². The molecule has 1 aromatic heterocycles. The zero-order valence-electron chi connectivity index (χ0n) is 16.2. The summed E-state index contributed by atoms with van der Waals surface area (Å²) in [5, 5.41) is 5.15. The Kier molecular flexibility index (Phi) is 6.67. The van der Waals surface area contributed by atoms with Crippen molar-refractivity contribution in [2.24, 2.45) is 0 Å². The fourth-order valence-corrected chi connectivity index (χ4v) is 4.10. The van der Waals surface area contributed by atoms with Gasteiger partial charge in [-0.2, -0.15) is 0 Å². The molecule has 1 fully saturated rings. The van der Waals surface area contributed by atoms with Crippen molar-refractivity contribution in [3.63, 3.8) is 0 Å². The van der Waals surface area contributed by atoms with E-state index in [4.69, 9.17) is 26.3 Å². The number of ether oxygens (including phenoxy) is 1. The highest BCUT2D eigenvalue weighted by Gasteiger charge is 2.18. The predicted molar refractivity (Wildman–Crippen MR) is 119 cm³/mol. The Labute approximate surface area is 180 Å². The maximum atomic E-state index is 6.02. The van der Waals surface area contributed by atoms with E-state index in [9.17, 15) is 0 Å². The molecule has 1 unspecified atom stereocenters. The van der Waals surface area contributed by atoms with Gasteiger partial charge in [0.2, 0.25) is 0 Å². The molecule has 2 heterocycles. The number of halogens is 1. The summed E-state index contributed by atoms with van der Waals surface area (Å²) in [5.74, 6) is 1.52. The van der Waals surface area contributed by atoms with Crippen molar-refractivity contribution >= 4 is 29.2 Å². The fourth-order valence-electron chi connectivity index (χ4n) is 3.16. The molecule has 4 rings (SSSR count). The van der Waals surface area contributed by atoms with Crippen LogP contribution in [-0.4, -0.2) is 47.3 Å². The summed E-state index contributed by atoms with van der Waals surface area (Å²) in [6.45, 7) is 5.52. The van der Waals surface area contributed by atoms with Crippen molar-refractivity contribution in [2.75, 3.05) is 31.6 Å². The standard InChI is InChI=1S/C22H23ClN4OS/c1-16(27-11-13-28-14-12-27)24-20-15-21(29-19-9-7-18(23)8-10-19)26-22(25-20)17-5-3-2-4-6-17/h2-10,15-16H,11-14H2,1H3,(H,24,25,26). The van der Waals surface area contributed by atoms with Crippen LogP contribution < -0.4 is 5.32 Å². The Bertz CT molecular complexity index is 933. The molecule has 3 aromatic rings. The fraction of sp³-hybridized carbons (Fsp3) is 0.273. The molecule has 0 amide bonds. The van der Waals surface area contributed by atoms with Gasteiger partial charge in [0.15, 0.2) is 5.82 Å². The van der Waals surface area contributed by atoms with Crippen molar-refractivity contribution < 1.29 is 4.74 Å². The summed E-state index contributed by atoms with van der Waals surface area (Å²) >= 11 is 7.62. The van der Waals surface area contributed by atoms with E-state index in [0.29, 0.717) is 5.82 Å². The topological polar surface area (TPSA) is 50.3 Å². The third-order valence-corrected chi connectivity index (χ3v) is 5.90. The first-order chi connectivity index (χ1) is 14.2. The van der Waals surface area contributed by atoms with Crippen molar-refractivity contribution in [2.45, 2.75) is 23.0 Å². The first-order valence-corrected chi connectivity index (χ1v) is 10.8. The maximum Gasteiger partial charge on any atom is 0.162 e. The largest absolute Gasteiger partial charge is 0.379 e. The number of anilines is 1. The van der Waals surface area contributed by atoms with E-state index in [1.54, 1.807) is 11.8 Å². The monoisotopic (exact) mass is 426 g/mol. The van der Waals surface area contributed by atoms with Gasteiger partial charge in [-0.1, -0.05) is 53.7 Å². The highest BCUT2D eigenvalue weighted by molar-refractivity contribution is 7.99. The predicted octanol–water partition coefficient (Wildman–Crippen LogP) is 5.04. The third kappa shape index (κ3) is 5.48. The van der Waals surface area contributed by atoms with Crippen molar-refractivity contribution in [3.05, 3.63) is 65.7 Å². The molecule has 7 heteroatoms. The Hall–Kier alpha value is -2.12. The molecule has 1 aliphatic rings. The highest BCUT2D eigenvalue weighted by atomic mass is 35.5. The van der Waals surface area contributed by atoms with Gasteiger partial charge in [0.25, 0.3) is 0 Å². The van der Waals surface area contributed by atoms with E-state index >= 15 is 0 Å². The lowest BCUT2D eigenvalue weighted by Crippen LogP contribution is -2.45. The number of benzene rings is 2. The van der Waals surface area contributed by atoms with E-state index in [0.717, 1.165) is 52.6 Å². The zero-order valence-corrected chi connectivity index (χ0v) is 17.8. The summed E-state index contributed by atoms with van der Waals surface area (Å²) < 4.78 is 5.46. The van der Waals surface area contributed by atoms with Gasteiger partial charge < -0.3 is 10.1 Å². The minimum atomic E-state index is 0.158. The number of morpholine rings is 1. The summed E-state index contributed by atoms with van der Waals surface area (Å²) in [6, 6.07) is 19.8. The van der Waals surface area contributed by atoms with Gasteiger partial charge in [-0.15, -0.1) is 0 Å². The number of nitrogens with zero attached hydrogens (tertiary/aromatic N) is 3. The number of rotatable bonds is 6. The van der Waals surface area contributed by atoms with Crippen LogP contribution in [0.1, 0.15) is 6.92 Å². The second-order valence-corrected chi connectivity index (χ2v) is 8.34. The lowest BCUT2D eigenvalue weighted by molar-refractivity contribution is 0.0253. The molecule has 1 N–H and O–H groups in total. The normalized spacial score (nSPS) is 15.8. The van der Waals surface area contributed by atoms with Crippen LogP contribution in [0.4, 0.5) is 5.82 Å². The van der Waals surface area contributed by atoms with Crippen LogP contribution in [0.2, 0.25) is 5.02 Å². The molecule has 0 radical (unpaired) electrons. The highest BCUT2D eigenvalue weighted by Crippen LogP contribution is 2.30. The summed E-state index contributed by atoms with van der Waals surface area (Å²) in [6.07, 6.45) is 0.158. The first kappa shape index (κ1) is 20.2. The van der Waals surface area contributed by atoms with Gasteiger partial charge in [-0.25, -0.2) is 9.97 Å². The summed E-state index contributed by atoms with van der Waals surface area (Å²) in [4.78, 5) is 13.0. The van der Waals surface area contributed by atoms with Crippen molar-refractivity contribution in [3.8, 4) is 11.4 Å². The van der Waals surface area contributed by atoms with Crippen LogP contribution in [0.5, 0.6) is 0 Å². The van der Waals surface area contributed by atoms with Gasteiger partial charge in [0.1, 0.15) is 10.8 Å². The van der Waals surface area contributed by atoms with Crippen LogP contribution in [0.3, 0.4) is 0 Å². The molecule has 29 heavy (non-hydrogen) atoms. The van der Waals surface area contributed by atoms with Gasteiger partial charge in [-0.3, -0.25) is 4.90 Å². The molecule has 5 nitrogen and oxygen atoms in total. The number of hydrogen-bond donors (Lipinski definition) is 1. The molecular weight excluding hydrogens is 404 g/mol. The van der Waals surface area contributed by atoms with Crippen LogP contribution in [0.15, 0.2) is 70.6 Å². The molecule has 1 atom stereocenters. The van der Waals surface area contributed by atoms with E-state index in [-0.39, 0.29) is 6.17 Å². The van der Waals surface area contributed by atoms with Gasteiger partial charge in [-0.05, 0) is 31.2 Å². The molecule has 0 saturated carbocycles. The average molecular weight is 427 g/mol. The SMILES string of the molecule is CC(Nc1cc(Sc2ccc(Cl)cc2)nc(-c2ccccc2)n1)N1CCOCC1. The van der Waals surface area contributed by atoms with E-state index < -0.39 is 0 Å². The van der Waals surface area contributed by atoms with Crippen molar-refractivity contribution in [1.29, 1.82) is 0 Å². The average Bonchev–Trinajstić information content (AvgIpc) is 2.76. The molecule has 150 valence electrons. The van der Waals surface area contributed by atoms with Gasteiger partial charge >= 0.3 is 0 Å². The van der Waals surface area contributed by atoms with Crippen LogP contribution in [-0.2, 0) is 4.74 Å². The minimum absolute atomic E-state index is 0.158. The van der Waals surface area contributed by atoms with Crippen LogP contribution in [0.25, 0.3) is 11.4 Å². The van der Waals surface area contributed by atoms with Crippen LogP contribution >= 0.6 is 23.4 Å². The van der Waals surface area contributed by atoms with E-state index in [2.05, 4.69) is 17.1 Å². The Morgan fingerprint density at radius 3 is 2.48 bits per heavy atom. The molecule has 1 saturated heterocycles. The van der Waals surface area contributed by atoms with Crippen LogP contribution in [0, 0.1) is 0 Å². The second-order valence-electron chi connectivity index (χ2n) is 6.81. The second kappa shape index (κ2) is 9.59. The molecule has 2 aromatic carbocycles. The van der Waals surface area contributed by atoms with Gasteiger partial charge in [0, 0.05) is 34.6 Å². The molecule has 1 aliphatic heterocycles.